The maximum absolute atomic E-state index is 12.0. The minimum atomic E-state index is -0.730. The lowest BCUT2D eigenvalue weighted by Gasteiger charge is -2.22. The van der Waals surface area contributed by atoms with Gasteiger partial charge in [-0.15, -0.1) is 0 Å². The van der Waals surface area contributed by atoms with Gasteiger partial charge in [0.1, 0.15) is 5.78 Å². The molecule has 3 atom stereocenters. The van der Waals surface area contributed by atoms with Crippen LogP contribution in [0.4, 0.5) is 0 Å². The van der Waals surface area contributed by atoms with E-state index in [0.717, 1.165) is 63.4 Å². The number of hydrogen-bond acceptors (Lipinski definition) is 3. The lowest BCUT2D eigenvalue weighted by Crippen LogP contribution is -2.20. The summed E-state index contributed by atoms with van der Waals surface area (Å²) in [6, 6.07) is 0. The van der Waals surface area contributed by atoms with Crippen molar-refractivity contribution in [3.8, 4) is 0 Å². The first-order valence-corrected chi connectivity index (χ1v) is 10.0. The Morgan fingerprint density at radius 3 is 2.36 bits per heavy atom. The second-order valence-electron chi connectivity index (χ2n) is 7.58. The number of hydrogen-bond donors (Lipinski definition) is 2. The zero-order chi connectivity index (χ0) is 18.7. The van der Waals surface area contributed by atoms with Crippen molar-refractivity contribution in [1.29, 1.82) is 0 Å². The highest BCUT2D eigenvalue weighted by atomic mass is 16.4. The van der Waals surface area contributed by atoms with Crippen LogP contribution in [0.1, 0.15) is 90.4 Å². The van der Waals surface area contributed by atoms with Gasteiger partial charge in [0.25, 0.3) is 0 Å². The van der Waals surface area contributed by atoms with Gasteiger partial charge in [-0.25, -0.2) is 0 Å². The van der Waals surface area contributed by atoms with E-state index in [9.17, 15) is 14.7 Å². The monoisotopic (exact) mass is 352 g/mol. The molecule has 2 N–H and O–H groups in total. The van der Waals surface area contributed by atoms with E-state index in [2.05, 4.69) is 13.5 Å². The van der Waals surface area contributed by atoms with E-state index in [4.69, 9.17) is 5.11 Å². The Labute approximate surface area is 152 Å². The number of aliphatic carboxylic acids is 1. The zero-order valence-corrected chi connectivity index (χ0v) is 15.8. The zero-order valence-electron chi connectivity index (χ0n) is 15.8. The first-order chi connectivity index (χ1) is 12.0. The Morgan fingerprint density at radius 1 is 1.00 bits per heavy atom. The van der Waals surface area contributed by atoms with Gasteiger partial charge in [0.15, 0.2) is 0 Å². The average molecular weight is 353 g/mol. The van der Waals surface area contributed by atoms with Crippen molar-refractivity contribution < 1.29 is 19.8 Å². The number of rotatable bonds is 14. The van der Waals surface area contributed by atoms with Crippen LogP contribution in [0.25, 0.3) is 0 Å². The second kappa shape index (κ2) is 12.2. The Balaban J connectivity index is 2.31. The molecule has 0 radical (unpaired) electrons. The van der Waals surface area contributed by atoms with Gasteiger partial charge in [0.2, 0.25) is 0 Å². The summed E-state index contributed by atoms with van der Waals surface area (Å²) in [5.74, 6) is 0.0980. The Bertz CT molecular complexity index is 430. The molecule has 1 rings (SSSR count). The quantitative estimate of drug-likeness (QED) is 0.344. The second-order valence-corrected chi connectivity index (χ2v) is 7.58. The highest BCUT2D eigenvalue weighted by Gasteiger charge is 2.36. The maximum Gasteiger partial charge on any atom is 0.303 e. The SMILES string of the molecule is C=C1C[C@H](O)[C@H](CCCCCCC(=O)O)[C@H]1CCC(=O)CCCCC. The molecule has 1 aliphatic carbocycles. The van der Waals surface area contributed by atoms with Crippen molar-refractivity contribution >= 4 is 11.8 Å². The van der Waals surface area contributed by atoms with E-state index in [-0.39, 0.29) is 24.4 Å². The summed E-state index contributed by atoms with van der Waals surface area (Å²) in [6.07, 6.45) is 10.5. The molecule has 0 unspecified atom stereocenters. The predicted molar refractivity (Wildman–Crippen MR) is 100 cm³/mol. The molecular formula is C21H36O4. The molecular weight excluding hydrogens is 316 g/mol. The summed E-state index contributed by atoms with van der Waals surface area (Å²) in [7, 11) is 0. The fraction of sp³-hybridized carbons (Fsp3) is 0.810. The molecule has 0 spiro atoms. The molecule has 4 nitrogen and oxygen atoms in total. The number of carbonyl (C=O) groups is 2. The van der Waals surface area contributed by atoms with E-state index in [1.54, 1.807) is 0 Å². The summed E-state index contributed by atoms with van der Waals surface area (Å²) in [6.45, 7) is 6.27. The summed E-state index contributed by atoms with van der Waals surface area (Å²) < 4.78 is 0. The van der Waals surface area contributed by atoms with Gasteiger partial charge >= 0.3 is 5.97 Å². The Morgan fingerprint density at radius 2 is 1.68 bits per heavy atom. The number of aliphatic hydroxyl groups excluding tert-OH is 1. The number of carboxylic acids is 1. The lowest BCUT2D eigenvalue weighted by atomic mass is 9.84. The van der Waals surface area contributed by atoms with Crippen LogP contribution < -0.4 is 0 Å². The molecule has 0 bridgehead atoms. The van der Waals surface area contributed by atoms with Crippen molar-refractivity contribution in [2.75, 3.05) is 0 Å². The van der Waals surface area contributed by atoms with Crippen LogP contribution in [0.2, 0.25) is 0 Å². The lowest BCUT2D eigenvalue weighted by molar-refractivity contribution is -0.137. The summed E-state index contributed by atoms with van der Waals surface area (Å²) >= 11 is 0. The normalized spacial score (nSPS) is 23.1. The third-order valence-corrected chi connectivity index (χ3v) is 5.48. The van der Waals surface area contributed by atoms with E-state index in [1.807, 2.05) is 0 Å². The number of ketones is 1. The van der Waals surface area contributed by atoms with Gasteiger partial charge in [0.05, 0.1) is 6.10 Å². The van der Waals surface area contributed by atoms with Gasteiger partial charge in [-0.05, 0) is 43.9 Å². The molecule has 144 valence electrons. The average Bonchev–Trinajstić information content (AvgIpc) is 2.82. The number of unbranched alkanes of at least 4 members (excludes halogenated alkanes) is 5. The molecule has 4 heteroatoms. The fourth-order valence-electron chi connectivity index (χ4n) is 3.98. The molecule has 0 aromatic heterocycles. The molecule has 0 amide bonds. The first kappa shape index (κ1) is 21.9. The van der Waals surface area contributed by atoms with Crippen molar-refractivity contribution in [2.24, 2.45) is 11.8 Å². The minimum Gasteiger partial charge on any atom is -0.481 e. The number of aliphatic hydroxyl groups is 1. The van der Waals surface area contributed by atoms with Crippen LogP contribution in [0.15, 0.2) is 12.2 Å². The van der Waals surface area contributed by atoms with Crippen LogP contribution in [0, 0.1) is 11.8 Å². The molecule has 1 fully saturated rings. The first-order valence-electron chi connectivity index (χ1n) is 10.0. The summed E-state index contributed by atoms with van der Waals surface area (Å²) in [5.41, 5.74) is 1.10. The molecule has 1 aliphatic rings. The molecule has 25 heavy (non-hydrogen) atoms. The summed E-state index contributed by atoms with van der Waals surface area (Å²) in [5, 5.41) is 19.0. The van der Waals surface area contributed by atoms with E-state index in [1.165, 1.54) is 0 Å². The standard InChI is InChI=1S/C21H36O4/c1-3-4-7-10-17(22)13-14-18-16(2)15-20(23)19(18)11-8-5-6-9-12-21(24)25/h18-20,23H,2-15H2,1H3,(H,24,25)/t18-,19+,20-/m0/s1. The Kier molecular flexibility index (Phi) is 10.7. The smallest absolute Gasteiger partial charge is 0.303 e. The Hall–Kier alpha value is -1.16. The van der Waals surface area contributed by atoms with Crippen LogP contribution in [-0.2, 0) is 9.59 Å². The van der Waals surface area contributed by atoms with E-state index < -0.39 is 5.97 Å². The van der Waals surface area contributed by atoms with Crippen molar-refractivity contribution in [1.82, 2.24) is 0 Å². The van der Waals surface area contributed by atoms with Crippen LogP contribution in [0.5, 0.6) is 0 Å². The largest absolute Gasteiger partial charge is 0.481 e. The van der Waals surface area contributed by atoms with Gasteiger partial charge in [0, 0.05) is 19.3 Å². The highest BCUT2D eigenvalue weighted by molar-refractivity contribution is 5.78. The number of carbonyl (C=O) groups excluding carboxylic acids is 1. The molecule has 0 aromatic rings. The van der Waals surface area contributed by atoms with Crippen LogP contribution >= 0.6 is 0 Å². The van der Waals surface area contributed by atoms with Gasteiger partial charge in [-0.1, -0.05) is 51.2 Å². The van der Waals surface area contributed by atoms with Crippen molar-refractivity contribution in [3.05, 3.63) is 12.2 Å². The van der Waals surface area contributed by atoms with Crippen molar-refractivity contribution in [2.45, 2.75) is 96.5 Å². The molecule has 0 aliphatic heterocycles. The van der Waals surface area contributed by atoms with Gasteiger partial charge in [-0.3, -0.25) is 9.59 Å². The molecule has 0 heterocycles. The number of carboxylic acid groups (broad SMARTS) is 1. The third-order valence-electron chi connectivity index (χ3n) is 5.48. The van der Waals surface area contributed by atoms with Crippen LogP contribution in [0.3, 0.4) is 0 Å². The van der Waals surface area contributed by atoms with Crippen LogP contribution in [-0.4, -0.2) is 28.1 Å². The molecule has 0 saturated heterocycles. The fourth-order valence-corrected chi connectivity index (χ4v) is 3.98. The predicted octanol–water partition coefficient (Wildman–Crippen LogP) is 4.89. The van der Waals surface area contributed by atoms with E-state index >= 15 is 0 Å². The highest BCUT2D eigenvalue weighted by Crippen LogP contribution is 2.41. The topological polar surface area (TPSA) is 74.6 Å². The minimum absolute atomic E-state index is 0.218. The summed E-state index contributed by atoms with van der Waals surface area (Å²) in [4.78, 5) is 22.5. The molecule has 0 aromatic carbocycles. The van der Waals surface area contributed by atoms with Crippen molar-refractivity contribution in [3.63, 3.8) is 0 Å². The molecule has 1 saturated carbocycles. The number of Topliss-reactive ketones (excluding diaryl/α,β-unsaturated/α-hetero) is 1. The third kappa shape index (κ3) is 8.66. The van der Waals surface area contributed by atoms with Gasteiger partial charge in [-0.2, -0.15) is 0 Å². The van der Waals surface area contributed by atoms with Gasteiger partial charge < -0.3 is 10.2 Å². The van der Waals surface area contributed by atoms with E-state index in [0.29, 0.717) is 25.0 Å². The maximum atomic E-state index is 12.0.